The predicted molar refractivity (Wildman–Crippen MR) is 118 cm³/mol. The molecule has 3 aromatic carbocycles. The number of anilines is 2. The molecule has 0 fully saturated rings. The van der Waals surface area contributed by atoms with Gasteiger partial charge >= 0.3 is 6.18 Å². The minimum absolute atomic E-state index is 0.376. The van der Waals surface area contributed by atoms with E-state index in [0.29, 0.717) is 21.9 Å². The average molecular weight is 532 g/mol. The number of nitrogens with one attached hydrogen (secondary N) is 2. The van der Waals surface area contributed by atoms with Crippen molar-refractivity contribution in [2.24, 2.45) is 0 Å². The lowest BCUT2D eigenvalue weighted by atomic mass is 10.1. The Morgan fingerprint density at radius 2 is 1.39 bits per heavy atom. The van der Waals surface area contributed by atoms with Gasteiger partial charge in [-0.05, 0) is 48.5 Å². The number of hydrogen-bond donors (Lipinski definition) is 2. The van der Waals surface area contributed by atoms with Crippen molar-refractivity contribution in [3.05, 3.63) is 82.9 Å². The van der Waals surface area contributed by atoms with Gasteiger partial charge in [-0.1, -0.05) is 0 Å². The van der Waals surface area contributed by atoms with Gasteiger partial charge in [-0.15, -0.1) is 11.8 Å². The molecule has 0 saturated heterocycles. The van der Waals surface area contributed by atoms with Crippen LogP contribution in [-0.4, -0.2) is 24.7 Å². The highest BCUT2D eigenvalue weighted by atomic mass is 32.2. The molecular formula is C23H15F7N2O3S. The van der Waals surface area contributed by atoms with Crippen LogP contribution in [0, 0.1) is 23.3 Å². The molecule has 3 aromatic rings. The Balaban J connectivity index is 1.61. The molecule has 13 heteroatoms. The van der Waals surface area contributed by atoms with E-state index in [9.17, 15) is 40.3 Å². The van der Waals surface area contributed by atoms with Gasteiger partial charge < -0.3 is 15.4 Å². The Kier molecular flexibility index (Phi) is 8.13. The van der Waals surface area contributed by atoms with Gasteiger partial charge in [0.2, 0.25) is 5.91 Å². The Labute approximate surface area is 203 Å². The second kappa shape index (κ2) is 10.9. The summed E-state index contributed by atoms with van der Waals surface area (Å²) < 4.78 is 98.2. The molecule has 190 valence electrons. The Morgan fingerprint density at radius 3 is 1.89 bits per heavy atom. The third kappa shape index (κ3) is 6.08. The van der Waals surface area contributed by atoms with Gasteiger partial charge in [-0.25, -0.2) is 17.6 Å². The van der Waals surface area contributed by atoms with Crippen molar-refractivity contribution >= 4 is 35.0 Å². The third-order valence-electron chi connectivity index (χ3n) is 4.65. The zero-order chi connectivity index (χ0) is 26.6. The average Bonchev–Trinajstić information content (AvgIpc) is 2.84. The summed E-state index contributed by atoms with van der Waals surface area (Å²) in [4.78, 5) is 24.8. The minimum Gasteiger partial charge on any atom is -0.497 e. The highest BCUT2D eigenvalue weighted by molar-refractivity contribution is 8.00. The largest absolute Gasteiger partial charge is 0.497 e. The Hall–Kier alpha value is -3.74. The van der Waals surface area contributed by atoms with Crippen LogP contribution < -0.4 is 15.4 Å². The van der Waals surface area contributed by atoms with E-state index in [1.807, 2.05) is 0 Å². The lowest BCUT2D eigenvalue weighted by Crippen LogP contribution is -2.21. The number of methoxy groups -OCH3 is 1. The summed E-state index contributed by atoms with van der Waals surface area (Å²) in [6.45, 7) is 0. The molecule has 2 N–H and O–H groups in total. The molecule has 0 radical (unpaired) electrons. The van der Waals surface area contributed by atoms with Gasteiger partial charge in [0, 0.05) is 16.1 Å². The maximum Gasteiger partial charge on any atom is 0.422 e. The van der Waals surface area contributed by atoms with E-state index in [1.54, 1.807) is 29.6 Å². The van der Waals surface area contributed by atoms with Gasteiger partial charge in [0.25, 0.3) is 5.91 Å². The zero-order valence-electron chi connectivity index (χ0n) is 18.1. The first-order valence-electron chi connectivity index (χ1n) is 9.83. The number of alkyl halides is 3. The van der Waals surface area contributed by atoms with Crippen LogP contribution in [0.5, 0.6) is 5.75 Å². The number of hydrogen-bond acceptors (Lipinski definition) is 4. The number of halogens is 7. The molecule has 0 atom stereocenters. The lowest BCUT2D eigenvalue weighted by molar-refractivity contribution is -0.143. The number of rotatable bonds is 7. The first-order valence-corrected chi connectivity index (χ1v) is 10.8. The summed E-state index contributed by atoms with van der Waals surface area (Å²) in [6, 6.07) is 12.4. The van der Waals surface area contributed by atoms with Crippen LogP contribution >= 0.6 is 11.8 Å². The van der Waals surface area contributed by atoms with Crippen LogP contribution in [0.4, 0.5) is 42.1 Å². The first-order chi connectivity index (χ1) is 16.9. The van der Waals surface area contributed by atoms with E-state index in [1.165, 1.54) is 31.4 Å². The molecular weight excluding hydrogens is 517 g/mol. The van der Waals surface area contributed by atoms with Crippen LogP contribution in [0.3, 0.4) is 0 Å². The van der Waals surface area contributed by atoms with Crippen molar-refractivity contribution in [1.82, 2.24) is 0 Å². The van der Waals surface area contributed by atoms with Crippen LogP contribution in [0.1, 0.15) is 15.9 Å². The fourth-order valence-corrected chi connectivity index (χ4v) is 3.59. The van der Waals surface area contributed by atoms with Gasteiger partial charge in [0.05, 0.1) is 12.9 Å². The molecule has 5 nitrogen and oxygen atoms in total. The van der Waals surface area contributed by atoms with Gasteiger partial charge in [-0.2, -0.15) is 13.2 Å². The molecule has 0 heterocycles. The summed E-state index contributed by atoms with van der Waals surface area (Å²) in [5.74, 6) is -11.5. The lowest BCUT2D eigenvalue weighted by Gasteiger charge is -2.14. The molecule has 0 aromatic heterocycles. The second-order valence-corrected chi connectivity index (χ2v) is 8.10. The molecule has 0 aliphatic carbocycles. The van der Waals surface area contributed by atoms with Crippen molar-refractivity contribution < 1.29 is 45.1 Å². The standard InChI is InChI=1S/C23H15F7N2O3S/c1-35-13-6-2-11(3-7-13)22(34)31-12-4-8-14(9-5-12)36-10-15(33)32-21-19(26)17(24)16(23(28,29)30)18(25)20(21)27/h2-9H,10H2,1H3,(H,31,34)(H,32,33). The molecule has 0 saturated carbocycles. The summed E-state index contributed by atoms with van der Waals surface area (Å²) in [5, 5.41) is 4.21. The topological polar surface area (TPSA) is 67.4 Å². The molecule has 0 aliphatic heterocycles. The minimum atomic E-state index is -5.69. The molecule has 0 bridgehead atoms. The number of carbonyl (C=O) groups is 2. The number of benzene rings is 3. The summed E-state index contributed by atoms with van der Waals surface area (Å²) >= 11 is 0.852. The smallest absolute Gasteiger partial charge is 0.422 e. The van der Waals surface area contributed by atoms with Crippen LogP contribution in [-0.2, 0) is 11.0 Å². The molecule has 3 rings (SSSR count). The molecule has 0 spiro atoms. The van der Waals surface area contributed by atoms with E-state index in [-0.39, 0.29) is 0 Å². The van der Waals surface area contributed by atoms with E-state index >= 15 is 0 Å². The normalized spacial score (nSPS) is 11.2. The SMILES string of the molecule is COc1ccc(C(=O)Nc2ccc(SCC(=O)Nc3c(F)c(F)c(C(F)(F)F)c(F)c3F)cc2)cc1. The second-order valence-electron chi connectivity index (χ2n) is 7.05. The van der Waals surface area contributed by atoms with Crippen molar-refractivity contribution in [2.45, 2.75) is 11.1 Å². The van der Waals surface area contributed by atoms with E-state index in [0.717, 1.165) is 11.8 Å². The highest BCUT2D eigenvalue weighted by Crippen LogP contribution is 2.38. The molecule has 0 aliphatic rings. The van der Waals surface area contributed by atoms with E-state index in [2.05, 4.69) is 5.32 Å². The number of ether oxygens (including phenoxy) is 1. The predicted octanol–water partition coefficient (Wildman–Crippen LogP) is 6.25. The highest BCUT2D eigenvalue weighted by Gasteiger charge is 2.42. The van der Waals surface area contributed by atoms with Crippen molar-refractivity contribution in [3.8, 4) is 5.75 Å². The van der Waals surface area contributed by atoms with Crippen molar-refractivity contribution in [2.75, 3.05) is 23.5 Å². The van der Waals surface area contributed by atoms with Crippen molar-refractivity contribution in [1.29, 1.82) is 0 Å². The van der Waals surface area contributed by atoms with E-state index < -0.39 is 58.3 Å². The fraction of sp³-hybridized carbons (Fsp3) is 0.130. The van der Waals surface area contributed by atoms with Gasteiger partial charge in [0.1, 0.15) is 17.0 Å². The Morgan fingerprint density at radius 1 is 0.833 bits per heavy atom. The van der Waals surface area contributed by atoms with E-state index in [4.69, 9.17) is 4.74 Å². The van der Waals surface area contributed by atoms with Gasteiger partial charge in [-0.3, -0.25) is 9.59 Å². The fourth-order valence-electron chi connectivity index (χ4n) is 2.89. The maximum atomic E-state index is 13.9. The maximum absolute atomic E-state index is 13.9. The number of thioether (sulfide) groups is 1. The zero-order valence-corrected chi connectivity index (χ0v) is 18.9. The number of carbonyl (C=O) groups excluding carboxylic acids is 2. The van der Waals surface area contributed by atoms with Crippen LogP contribution in [0.15, 0.2) is 53.4 Å². The van der Waals surface area contributed by atoms with Gasteiger partial charge in [0.15, 0.2) is 23.3 Å². The quantitative estimate of drug-likeness (QED) is 0.214. The molecule has 36 heavy (non-hydrogen) atoms. The van der Waals surface area contributed by atoms with Crippen LogP contribution in [0.2, 0.25) is 0 Å². The molecule has 2 amide bonds. The Bertz CT molecular complexity index is 1250. The monoisotopic (exact) mass is 532 g/mol. The first kappa shape index (κ1) is 26.9. The summed E-state index contributed by atoms with van der Waals surface area (Å²) in [7, 11) is 1.49. The summed E-state index contributed by atoms with van der Waals surface area (Å²) in [6.07, 6.45) is -5.69. The van der Waals surface area contributed by atoms with Crippen molar-refractivity contribution in [3.63, 3.8) is 0 Å². The summed E-state index contributed by atoms with van der Waals surface area (Å²) in [5.41, 5.74) is -3.60. The van der Waals surface area contributed by atoms with Crippen LogP contribution in [0.25, 0.3) is 0 Å². The molecule has 0 unspecified atom stereocenters. The number of amides is 2. The third-order valence-corrected chi connectivity index (χ3v) is 5.66.